The highest BCUT2D eigenvalue weighted by molar-refractivity contribution is 5.93. The van der Waals surface area contributed by atoms with E-state index in [1.54, 1.807) is 23.6 Å². The van der Waals surface area contributed by atoms with Crippen LogP contribution < -0.4 is 10.1 Å². The van der Waals surface area contributed by atoms with Gasteiger partial charge in [-0.05, 0) is 51.8 Å². The first kappa shape index (κ1) is 20.9. The summed E-state index contributed by atoms with van der Waals surface area (Å²) in [5.74, 6) is 0.137. The van der Waals surface area contributed by atoms with E-state index in [2.05, 4.69) is 5.32 Å². The summed E-state index contributed by atoms with van der Waals surface area (Å²) < 4.78 is 18.2. The Morgan fingerprint density at radius 3 is 2.83 bits per heavy atom. The van der Waals surface area contributed by atoms with Crippen molar-refractivity contribution in [2.45, 2.75) is 46.3 Å². The number of esters is 1. The largest absolute Gasteiger partial charge is 0.491 e. The van der Waals surface area contributed by atoms with E-state index in [0.717, 1.165) is 25.1 Å². The molecule has 1 aromatic heterocycles. The van der Waals surface area contributed by atoms with E-state index in [9.17, 15) is 9.59 Å². The SMILES string of the molecule is CCOC(=O)c1cc(C)n(CC(=O)Nc2cccc(OCC3CCCO3)c2)c1C. The highest BCUT2D eigenvalue weighted by atomic mass is 16.5. The summed E-state index contributed by atoms with van der Waals surface area (Å²) in [4.78, 5) is 24.6. The number of hydrogen-bond donors (Lipinski definition) is 1. The van der Waals surface area contributed by atoms with Gasteiger partial charge in [-0.15, -0.1) is 0 Å². The predicted molar refractivity (Wildman–Crippen MR) is 109 cm³/mol. The van der Waals surface area contributed by atoms with Gasteiger partial charge in [0.05, 0.1) is 18.3 Å². The smallest absolute Gasteiger partial charge is 0.339 e. The maximum absolute atomic E-state index is 12.6. The van der Waals surface area contributed by atoms with Gasteiger partial charge in [-0.1, -0.05) is 6.07 Å². The zero-order valence-corrected chi connectivity index (χ0v) is 17.2. The van der Waals surface area contributed by atoms with Crippen molar-refractivity contribution in [2.24, 2.45) is 0 Å². The van der Waals surface area contributed by atoms with Gasteiger partial charge < -0.3 is 24.1 Å². The van der Waals surface area contributed by atoms with Crippen LogP contribution in [-0.4, -0.2) is 42.4 Å². The molecule has 3 rings (SSSR count). The first-order chi connectivity index (χ1) is 14.0. The lowest BCUT2D eigenvalue weighted by Gasteiger charge is -2.13. The van der Waals surface area contributed by atoms with Gasteiger partial charge in [0.15, 0.2) is 0 Å². The minimum atomic E-state index is -0.372. The number of nitrogens with zero attached hydrogens (tertiary/aromatic N) is 1. The fraction of sp³-hybridized carbons (Fsp3) is 0.455. The summed E-state index contributed by atoms with van der Waals surface area (Å²) in [5, 5.41) is 2.89. The number of ether oxygens (including phenoxy) is 3. The molecule has 1 atom stereocenters. The number of rotatable bonds is 8. The average molecular weight is 400 g/mol. The Kier molecular flexibility index (Phi) is 6.93. The zero-order chi connectivity index (χ0) is 20.8. The second-order valence-corrected chi connectivity index (χ2v) is 7.11. The molecule has 0 bridgehead atoms. The Bertz CT molecular complexity index is 868. The second kappa shape index (κ2) is 9.60. The van der Waals surface area contributed by atoms with Gasteiger partial charge in [-0.2, -0.15) is 0 Å². The van der Waals surface area contributed by atoms with Gasteiger partial charge in [-0.25, -0.2) is 4.79 Å². The van der Waals surface area contributed by atoms with E-state index in [1.165, 1.54) is 0 Å². The summed E-state index contributed by atoms with van der Waals surface area (Å²) in [6.45, 7) is 7.17. The third-order valence-electron chi connectivity index (χ3n) is 4.95. The van der Waals surface area contributed by atoms with Gasteiger partial charge in [0.1, 0.15) is 18.9 Å². The van der Waals surface area contributed by atoms with Crippen molar-refractivity contribution < 1.29 is 23.8 Å². The van der Waals surface area contributed by atoms with Crippen LogP contribution in [0.1, 0.15) is 41.5 Å². The molecule has 29 heavy (non-hydrogen) atoms. The number of carbonyl (C=O) groups excluding carboxylic acids is 2. The fourth-order valence-corrected chi connectivity index (χ4v) is 3.43. The van der Waals surface area contributed by atoms with Crippen LogP contribution in [0.15, 0.2) is 30.3 Å². The monoisotopic (exact) mass is 400 g/mol. The molecule has 1 aliphatic rings. The summed E-state index contributed by atoms with van der Waals surface area (Å²) >= 11 is 0. The van der Waals surface area contributed by atoms with Gasteiger partial charge in [0.25, 0.3) is 0 Å². The molecule has 1 N–H and O–H groups in total. The molecule has 7 heteroatoms. The molecule has 1 unspecified atom stereocenters. The van der Waals surface area contributed by atoms with E-state index in [0.29, 0.717) is 35.9 Å². The average Bonchev–Trinajstić information content (AvgIpc) is 3.30. The maximum atomic E-state index is 12.6. The number of nitrogens with one attached hydrogen (secondary N) is 1. The summed E-state index contributed by atoms with van der Waals surface area (Å²) in [7, 11) is 0. The molecule has 1 amide bonds. The minimum Gasteiger partial charge on any atom is -0.491 e. The van der Waals surface area contributed by atoms with Crippen LogP contribution in [0.25, 0.3) is 0 Å². The van der Waals surface area contributed by atoms with Crippen LogP contribution in [-0.2, 0) is 20.8 Å². The Hall–Kier alpha value is -2.80. The molecule has 2 aromatic rings. The van der Waals surface area contributed by atoms with Gasteiger partial charge in [0, 0.05) is 29.7 Å². The number of amides is 1. The summed E-state index contributed by atoms with van der Waals surface area (Å²) in [6, 6.07) is 9.06. The van der Waals surface area contributed by atoms with E-state index in [1.807, 2.05) is 32.0 Å². The topological polar surface area (TPSA) is 78.8 Å². The van der Waals surface area contributed by atoms with Gasteiger partial charge in [0.2, 0.25) is 5.91 Å². The molecule has 0 radical (unpaired) electrons. The highest BCUT2D eigenvalue weighted by Crippen LogP contribution is 2.21. The normalized spacial score (nSPS) is 15.9. The van der Waals surface area contributed by atoms with Crippen molar-refractivity contribution in [2.75, 3.05) is 25.1 Å². The maximum Gasteiger partial charge on any atom is 0.339 e. The van der Waals surface area contributed by atoms with Crippen LogP contribution in [0.3, 0.4) is 0 Å². The summed E-state index contributed by atoms with van der Waals surface area (Å²) in [6.07, 6.45) is 2.22. The minimum absolute atomic E-state index is 0.109. The fourth-order valence-electron chi connectivity index (χ4n) is 3.43. The van der Waals surface area contributed by atoms with Crippen LogP contribution >= 0.6 is 0 Å². The van der Waals surface area contributed by atoms with Crippen LogP contribution in [0.5, 0.6) is 5.75 Å². The van der Waals surface area contributed by atoms with Crippen LogP contribution in [0.2, 0.25) is 0 Å². The van der Waals surface area contributed by atoms with Crippen molar-refractivity contribution in [3.8, 4) is 5.75 Å². The van der Waals surface area contributed by atoms with E-state index < -0.39 is 0 Å². The van der Waals surface area contributed by atoms with E-state index in [4.69, 9.17) is 14.2 Å². The molecule has 1 saturated heterocycles. The summed E-state index contributed by atoms with van der Waals surface area (Å²) in [5.41, 5.74) is 2.69. The molecule has 0 spiro atoms. The Morgan fingerprint density at radius 2 is 2.10 bits per heavy atom. The number of hydrogen-bond acceptors (Lipinski definition) is 5. The molecule has 1 aromatic carbocycles. The van der Waals surface area contributed by atoms with E-state index >= 15 is 0 Å². The number of benzene rings is 1. The lowest BCUT2D eigenvalue weighted by Crippen LogP contribution is -2.20. The second-order valence-electron chi connectivity index (χ2n) is 7.11. The molecule has 0 saturated carbocycles. The molecular weight excluding hydrogens is 372 g/mol. The molecule has 2 heterocycles. The third-order valence-corrected chi connectivity index (χ3v) is 4.95. The highest BCUT2D eigenvalue weighted by Gasteiger charge is 2.18. The van der Waals surface area contributed by atoms with Crippen molar-refractivity contribution in [3.63, 3.8) is 0 Å². The quantitative estimate of drug-likeness (QED) is 0.687. The molecule has 0 aliphatic carbocycles. The number of aryl methyl sites for hydroxylation is 1. The Balaban J connectivity index is 1.61. The van der Waals surface area contributed by atoms with Gasteiger partial charge >= 0.3 is 5.97 Å². The first-order valence-electron chi connectivity index (χ1n) is 9.96. The third kappa shape index (κ3) is 5.38. The van der Waals surface area contributed by atoms with E-state index in [-0.39, 0.29) is 24.5 Å². The van der Waals surface area contributed by atoms with Crippen molar-refractivity contribution in [1.29, 1.82) is 0 Å². The van der Waals surface area contributed by atoms with Gasteiger partial charge in [-0.3, -0.25) is 4.79 Å². The molecule has 1 fully saturated rings. The molecular formula is C22H28N2O5. The zero-order valence-electron chi connectivity index (χ0n) is 17.2. The van der Waals surface area contributed by atoms with Crippen molar-refractivity contribution in [3.05, 3.63) is 47.3 Å². The standard InChI is InChI=1S/C22H28N2O5/c1-4-27-22(26)20-11-15(2)24(16(20)3)13-21(25)23-17-7-5-8-18(12-17)29-14-19-9-6-10-28-19/h5,7-8,11-12,19H,4,6,9-10,13-14H2,1-3H3,(H,23,25). The molecule has 7 nitrogen and oxygen atoms in total. The van der Waals surface area contributed by atoms with Crippen LogP contribution in [0, 0.1) is 13.8 Å². The number of aromatic nitrogens is 1. The number of anilines is 1. The Morgan fingerprint density at radius 1 is 1.28 bits per heavy atom. The first-order valence-corrected chi connectivity index (χ1v) is 9.96. The molecule has 156 valence electrons. The molecule has 1 aliphatic heterocycles. The Labute approximate surface area is 170 Å². The number of carbonyl (C=O) groups is 2. The van der Waals surface area contributed by atoms with Crippen LogP contribution in [0.4, 0.5) is 5.69 Å². The van der Waals surface area contributed by atoms with Crippen molar-refractivity contribution in [1.82, 2.24) is 4.57 Å². The van der Waals surface area contributed by atoms with Crippen molar-refractivity contribution >= 4 is 17.6 Å². The predicted octanol–water partition coefficient (Wildman–Crippen LogP) is 3.48. The lowest BCUT2D eigenvalue weighted by atomic mass is 10.2. The lowest BCUT2D eigenvalue weighted by molar-refractivity contribution is -0.116.